The monoisotopic (exact) mass is 287 g/mol. The summed E-state index contributed by atoms with van der Waals surface area (Å²) >= 11 is 0. The van der Waals surface area contributed by atoms with Crippen LogP contribution in [-0.2, 0) is 12.1 Å². The summed E-state index contributed by atoms with van der Waals surface area (Å²) in [7, 11) is 0. The number of carbonyl (C=O) groups excluding carboxylic acids is 1. The Morgan fingerprint density at radius 3 is 2.67 bits per heavy atom. The molecule has 6 nitrogen and oxygen atoms in total. The molecule has 2 rings (SSSR count). The summed E-state index contributed by atoms with van der Waals surface area (Å²) in [6, 6.07) is 6.83. The molecule has 0 bridgehead atoms. The number of benzene rings is 1. The standard InChI is InChI=1S/C15H21N5O/c1-15(2,3)20-10-11(9-18-20)8-17-12-5-4-6-13(7-12)19-14(16)21/h4-7,9-10,17H,8H2,1-3H3,(H3,16,19,21). The fourth-order valence-corrected chi connectivity index (χ4v) is 1.87. The molecule has 1 aromatic carbocycles. The second-order valence-corrected chi connectivity index (χ2v) is 5.89. The Morgan fingerprint density at radius 2 is 2.05 bits per heavy atom. The van der Waals surface area contributed by atoms with Crippen LogP contribution >= 0.6 is 0 Å². The van der Waals surface area contributed by atoms with E-state index in [0.29, 0.717) is 12.2 Å². The van der Waals surface area contributed by atoms with Crippen LogP contribution in [0, 0.1) is 0 Å². The third-order valence-electron chi connectivity index (χ3n) is 2.95. The van der Waals surface area contributed by atoms with Gasteiger partial charge < -0.3 is 16.4 Å². The minimum absolute atomic E-state index is 0.0242. The highest BCUT2D eigenvalue weighted by molar-refractivity contribution is 5.88. The second kappa shape index (κ2) is 5.87. The Kier molecular flexibility index (Phi) is 4.16. The summed E-state index contributed by atoms with van der Waals surface area (Å²) in [5.74, 6) is 0. The fourth-order valence-electron chi connectivity index (χ4n) is 1.87. The molecule has 0 aliphatic carbocycles. The van der Waals surface area contributed by atoms with Crippen molar-refractivity contribution in [3.63, 3.8) is 0 Å². The minimum Gasteiger partial charge on any atom is -0.381 e. The normalized spacial score (nSPS) is 11.2. The van der Waals surface area contributed by atoms with Crippen molar-refractivity contribution in [2.75, 3.05) is 10.6 Å². The largest absolute Gasteiger partial charge is 0.381 e. The zero-order chi connectivity index (χ0) is 15.5. The van der Waals surface area contributed by atoms with Gasteiger partial charge in [0.1, 0.15) is 0 Å². The maximum atomic E-state index is 10.8. The van der Waals surface area contributed by atoms with Crippen molar-refractivity contribution in [3.05, 3.63) is 42.2 Å². The first-order valence-corrected chi connectivity index (χ1v) is 6.79. The highest BCUT2D eigenvalue weighted by atomic mass is 16.2. The number of nitrogens with one attached hydrogen (secondary N) is 2. The Balaban J connectivity index is 2.00. The van der Waals surface area contributed by atoms with E-state index in [2.05, 4.69) is 36.5 Å². The number of nitrogens with zero attached hydrogens (tertiary/aromatic N) is 2. The number of urea groups is 1. The molecule has 1 aromatic heterocycles. The van der Waals surface area contributed by atoms with Crippen LogP contribution < -0.4 is 16.4 Å². The van der Waals surface area contributed by atoms with Gasteiger partial charge in [-0.2, -0.15) is 5.10 Å². The summed E-state index contributed by atoms with van der Waals surface area (Å²) in [6.07, 6.45) is 3.88. The van der Waals surface area contributed by atoms with Gasteiger partial charge in [-0.15, -0.1) is 0 Å². The van der Waals surface area contributed by atoms with E-state index in [-0.39, 0.29) is 5.54 Å². The van der Waals surface area contributed by atoms with Crippen LogP contribution in [0.5, 0.6) is 0 Å². The molecule has 2 amide bonds. The highest BCUT2D eigenvalue weighted by Crippen LogP contribution is 2.17. The van der Waals surface area contributed by atoms with Gasteiger partial charge in [-0.1, -0.05) is 6.07 Å². The summed E-state index contributed by atoms with van der Waals surface area (Å²) in [5, 5.41) is 10.2. The molecule has 21 heavy (non-hydrogen) atoms. The molecule has 0 spiro atoms. The lowest BCUT2D eigenvalue weighted by molar-refractivity contribution is 0.259. The number of aromatic nitrogens is 2. The van der Waals surface area contributed by atoms with E-state index in [9.17, 15) is 4.79 Å². The van der Waals surface area contributed by atoms with Crippen LogP contribution in [0.1, 0.15) is 26.3 Å². The van der Waals surface area contributed by atoms with Crippen molar-refractivity contribution in [1.29, 1.82) is 0 Å². The van der Waals surface area contributed by atoms with Crippen LogP contribution in [0.2, 0.25) is 0 Å². The van der Waals surface area contributed by atoms with Gasteiger partial charge in [0.15, 0.2) is 0 Å². The van der Waals surface area contributed by atoms with Crippen molar-refractivity contribution in [3.8, 4) is 0 Å². The third kappa shape index (κ3) is 4.24. The van der Waals surface area contributed by atoms with E-state index in [4.69, 9.17) is 5.73 Å². The number of anilines is 2. The predicted octanol–water partition coefficient (Wildman–Crippen LogP) is 2.74. The van der Waals surface area contributed by atoms with Gasteiger partial charge in [-0.3, -0.25) is 4.68 Å². The molecule has 112 valence electrons. The van der Waals surface area contributed by atoms with Crippen molar-refractivity contribution in [1.82, 2.24) is 9.78 Å². The molecular weight excluding hydrogens is 266 g/mol. The van der Waals surface area contributed by atoms with Crippen LogP contribution in [0.25, 0.3) is 0 Å². The molecule has 0 saturated heterocycles. The van der Waals surface area contributed by atoms with E-state index < -0.39 is 6.03 Å². The molecule has 0 atom stereocenters. The molecule has 0 saturated carbocycles. The lowest BCUT2D eigenvalue weighted by atomic mass is 10.1. The van der Waals surface area contributed by atoms with Gasteiger partial charge in [-0.25, -0.2) is 4.79 Å². The lowest BCUT2D eigenvalue weighted by Gasteiger charge is -2.18. The summed E-state index contributed by atoms with van der Waals surface area (Å²) < 4.78 is 1.94. The van der Waals surface area contributed by atoms with Crippen LogP contribution in [-0.4, -0.2) is 15.8 Å². The number of hydrogen-bond donors (Lipinski definition) is 3. The maximum Gasteiger partial charge on any atom is 0.316 e. The molecule has 0 aliphatic heterocycles. The first kappa shape index (κ1) is 14.9. The zero-order valence-corrected chi connectivity index (χ0v) is 12.6. The van der Waals surface area contributed by atoms with Crippen molar-refractivity contribution in [2.24, 2.45) is 5.73 Å². The van der Waals surface area contributed by atoms with Crippen molar-refractivity contribution >= 4 is 17.4 Å². The summed E-state index contributed by atoms with van der Waals surface area (Å²) in [6.45, 7) is 6.98. The number of primary amides is 1. The number of amides is 2. The highest BCUT2D eigenvalue weighted by Gasteiger charge is 2.13. The van der Waals surface area contributed by atoms with Gasteiger partial charge in [0, 0.05) is 29.7 Å². The topological polar surface area (TPSA) is 85.0 Å². The van der Waals surface area contributed by atoms with Gasteiger partial charge >= 0.3 is 6.03 Å². The Labute approximate surface area is 124 Å². The molecule has 6 heteroatoms. The SMILES string of the molecule is CC(C)(C)n1cc(CNc2cccc(NC(N)=O)c2)cn1. The minimum atomic E-state index is -0.571. The van der Waals surface area contributed by atoms with E-state index in [1.807, 2.05) is 35.3 Å². The first-order chi connectivity index (χ1) is 9.84. The van der Waals surface area contributed by atoms with E-state index >= 15 is 0 Å². The summed E-state index contributed by atoms with van der Waals surface area (Å²) in [5.41, 5.74) is 7.74. The molecule has 0 fully saturated rings. The van der Waals surface area contributed by atoms with Crippen LogP contribution in [0.15, 0.2) is 36.7 Å². The fraction of sp³-hybridized carbons (Fsp3) is 0.333. The number of hydrogen-bond acceptors (Lipinski definition) is 3. The Morgan fingerprint density at radius 1 is 1.33 bits per heavy atom. The van der Waals surface area contributed by atoms with Crippen molar-refractivity contribution < 1.29 is 4.79 Å². The number of nitrogens with two attached hydrogens (primary N) is 1. The maximum absolute atomic E-state index is 10.8. The van der Waals surface area contributed by atoms with E-state index in [0.717, 1.165) is 11.3 Å². The lowest BCUT2D eigenvalue weighted by Crippen LogP contribution is -2.22. The van der Waals surface area contributed by atoms with Crippen LogP contribution in [0.4, 0.5) is 16.2 Å². The number of carbonyl (C=O) groups is 1. The molecule has 0 radical (unpaired) electrons. The molecule has 2 aromatic rings. The molecule has 1 heterocycles. The average molecular weight is 287 g/mol. The quantitative estimate of drug-likeness (QED) is 0.808. The predicted molar refractivity (Wildman–Crippen MR) is 84.2 cm³/mol. The molecule has 0 unspecified atom stereocenters. The number of rotatable bonds is 4. The smallest absolute Gasteiger partial charge is 0.316 e. The average Bonchev–Trinajstić information content (AvgIpc) is 2.84. The summed E-state index contributed by atoms with van der Waals surface area (Å²) in [4.78, 5) is 10.8. The van der Waals surface area contributed by atoms with Gasteiger partial charge in [0.05, 0.1) is 11.7 Å². The first-order valence-electron chi connectivity index (χ1n) is 6.79. The van der Waals surface area contributed by atoms with Gasteiger partial charge in [0.2, 0.25) is 0 Å². The van der Waals surface area contributed by atoms with Crippen LogP contribution in [0.3, 0.4) is 0 Å². The molecule has 4 N–H and O–H groups in total. The molecular formula is C15H21N5O. The third-order valence-corrected chi connectivity index (χ3v) is 2.95. The van der Waals surface area contributed by atoms with Gasteiger partial charge in [0.25, 0.3) is 0 Å². The van der Waals surface area contributed by atoms with Gasteiger partial charge in [-0.05, 0) is 39.0 Å². The zero-order valence-electron chi connectivity index (χ0n) is 12.6. The second-order valence-electron chi connectivity index (χ2n) is 5.89. The van der Waals surface area contributed by atoms with Crippen molar-refractivity contribution in [2.45, 2.75) is 32.9 Å². The molecule has 0 aliphatic rings. The van der Waals surface area contributed by atoms with E-state index in [1.54, 1.807) is 6.07 Å². The Bertz CT molecular complexity index is 627. The van der Waals surface area contributed by atoms with E-state index in [1.165, 1.54) is 0 Å². The Hall–Kier alpha value is -2.50.